The van der Waals surface area contributed by atoms with E-state index < -0.39 is 17.8 Å². The molecule has 1 rings (SSSR count). The lowest BCUT2D eigenvalue weighted by Crippen LogP contribution is -2.16. The van der Waals surface area contributed by atoms with Gasteiger partial charge in [-0.1, -0.05) is 11.6 Å². The van der Waals surface area contributed by atoms with Crippen LogP contribution >= 0.6 is 11.6 Å². The van der Waals surface area contributed by atoms with Crippen LogP contribution in [0.5, 0.6) is 5.75 Å². The van der Waals surface area contributed by atoms with Gasteiger partial charge in [0.1, 0.15) is 11.6 Å². The number of aliphatic carboxylic acids is 1. The summed E-state index contributed by atoms with van der Waals surface area (Å²) < 4.78 is 18.0. The normalized spacial score (nSPS) is 12.2. The molecule has 88 valence electrons. The number of hydrogen-bond donors (Lipinski definition) is 2. The zero-order valence-electron chi connectivity index (χ0n) is 8.54. The fourth-order valence-electron chi connectivity index (χ4n) is 1.31. The lowest BCUT2D eigenvalue weighted by Gasteiger charge is -2.14. The number of methoxy groups -OCH3 is 1. The SMILES string of the molecule is COc1cc(F)c(Cl)cc1C(N)CC(=O)O. The second-order valence-electron chi connectivity index (χ2n) is 3.21. The Hall–Kier alpha value is -1.33. The molecule has 0 aliphatic carbocycles. The summed E-state index contributed by atoms with van der Waals surface area (Å²) in [6.45, 7) is 0. The van der Waals surface area contributed by atoms with Gasteiger partial charge in [0.05, 0.1) is 18.6 Å². The van der Waals surface area contributed by atoms with Crippen LogP contribution in [0, 0.1) is 5.82 Å². The number of nitrogens with two attached hydrogens (primary N) is 1. The zero-order valence-corrected chi connectivity index (χ0v) is 9.29. The first-order valence-electron chi connectivity index (χ1n) is 4.46. The topological polar surface area (TPSA) is 72.5 Å². The molecule has 3 N–H and O–H groups in total. The van der Waals surface area contributed by atoms with E-state index in [0.717, 1.165) is 6.07 Å². The highest BCUT2D eigenvalue weighted by atomic mass is 35.5. The van der Waals surface area contributed by atoms with Crippen molar-refractivity contribution >= 4 is 17.6 Å². The molecule has 0 bridgehead atoms. The first-order valence-corrected chi connectivity index (χ1v) is 4.83. The third-order valence-electron chi connectivity index (χ3n) is 2.07. The van der Waals surface area contributed by atoms with E-state index in [9.17, 15) is 9.18 Å². The minimum atomic E-state index is -1.05. The van der Waals surface area contributed by atoms with Gasteiger partial charge < -0.3 is 15.6 Å². The van der Waals surface area contributed by atoms with Crippen LogP contribution in [-0.2, 0) is 4.79 Å². The molecule has 0 fully saturated rings. The molecule has 1 aromatic carbocycles. The average molecular weight is 248 g/mol. The predicted molar refractivity (Wildman–Crippen MR) is 57.1 cm³/mol. The summed E-state index contributed by atoms with van der Waals surface area (Å²) in [5, 5.41) is 8.49. The molecule has 1 atom stereocenters. The molecule has 1 unspecified atom stereocenters. The van der Waals surface area contributed by atoms with Crippen molar-refractivity contribution in [3.8, 4) is 5.75 Å². The van der Waals surface area contributed by atoms with Gasteiger partial charge in [-0.15, -0.1) is 0 Å². The van der Waals surface area contributed by atoms with E-state index in [4.69, 9.17) is 27.2 Å². The van der Waals surface area contributed by atoms with E-state index in [2.05, 4.69) is 0 Å². The van der Waals surface area contributed by atoms with Gasteiger partial charge in [-0.25, -0.2) is 4.39 Å². The van der Waals surface area contributed by atoms with Gasteiger partial charge in [-0.05, 0) is 6.07 Å². The quantitative estimate of drug-likeness (QED) is 0.853. The highest BCUT2D eigenvalue weighted by Crippen LogP contribution is 2.30. The summed E-state index contributed by atoms with van der Waals surface area (Å²) in [5.41, 5.74) is 6.02. The molecular formula is C10H11ClFNO3. The second kappa shape index (κ2) is 5.14. The first kappa shape index (κ1) is 12.7. The van der Waals surface area contributed by atoms with Crippen LogP contribution in [0.1, 0.15) is 18.0 Å². The van der Waals surface area contributed by atoms with E-state index in [1.54, 1.807) is 0 Å². The second-order valence-corrected chi connectivity index (χ2v) is 3.62. The van der Waals surface area contributed by atoms with E-state index >= 15 is 0 Å². The Morgan fingerprint density at radius 1 is 1.69 bits per heavy atom. The first-order chi connectivity index (χ1) is 7.45. The van der Waals surface area contributed by atoms with Gasteiger partial charge >= 0.3 is 5.97 Å². The Labute approximate surface area is 96.8 Å². The Morgan fingerprint density at radius 2 is 2.31 bits per heavy atom. The maximum Gasteiger partial charge on any atom is 0.305 e. The van der Waals surface area contributed by atoms with Crippen molar-refractivity contribution in [3.63, 3.8) is 0 Å². The fraction of sp³-hybridized carbons (Fsp3) is 0.300. The monoisotopic (exact) mass is 247 g/mol. The molecule has 0 spiro atoms. The van der Waals surface area contributed by atoms with Crippen molar-refractivity contribution in [2.75, 3.05) is 7.11 Å². The van der Waals surface area contributed by atoms with Crippen molar-refractivity contribution in [1.29, 1.82) is 0 Å². The lowest BCUT2D eigenvalue weighted by atomic mass is 10.0. The number of hydrogen-bond acceptors (Lipinski definition) is 3. The third-order valence-corrected chi connectivity index (χ3v) is 2.36. The number of carboxylic acid groups (broad SMARTS) is 1. The summed E-state index contributed by atoms with van der Waals surface area (Å²) in [5.74, 6) is -1.49. The van der Waals surface area contributed by atoms with Crippen molar-refractivity contribution in [1.82, 2.24) is 0 Å². The summed E-state index contributed by atoms with van der Waals surface area (Å²) in [6, 6.07) is 1.58. The largest absolute Gasteiger partial charge is 0.496 e. The number of ether oxygens (including phenoxy) is 1. The molecule has 16 heavy (non-hydrogen) atoms. The number of benzene rings is 1. The van der Waals surface area contributed by atoms with E-state index in [-0.39, 0.29) is 17.2 Å². The molecule has 0 aliphatic heterocycles. The minimum Gasteiger partial charge on any atom is -0.496 e. The standard InChI is InChI=1S/C10H11ClFNO3/c1-16-9-3-7(12)6(11)2-5(9)8(13)4-10(14)15/h2-3,8H,4,13H2,1H3,(H,14,15). The van der Waals surface area contributed by atoms with Gasteiger partial charge in [0.2, 0.25) is 0 Å². The zero-order chi connectivity index (χ0) is 12.3. The van der Waals surface area contributed by atoms with Crippen molar-refractivity contribution in [3.05, 3.63) is 28.5 Å². The summed E-state index contributed by atoms with van der Waals surface area (Å²) in [7, 11) is 1.35. The highest BCUT2D eigenvalue weighted by Gasteiger charge is 2.17. The number of carboxylic acids is 1. The van der Waals surface area contributed by atoms with E-state index in [0.29, 0.717) is 5.56 Å². The summed E-state index contributed by atoms with van der Waals surface area (Å²) in [6.07, 6.45) is -0.279. The van der Waals surface area contributed by atoms with Crippen LogP contribution in [0.4, 0.5) is 4.39 Å². The molecule has 0 saturated carbocycles. The van der Waals surface area contributed by atoms with E-state index in [1.165, 1.54) is 13.2 Å². The molecule has 0 aromatic heterocycles. The molecular weight excluding hydrogens is 237 g/mol. The molecule has 0 radical (unpaired) electrons. The molecule has 6 heteroatoms. The Morgan fingerprint density at radius 3 is 2.81 bits per heavy atom. The smallest absolute Gasteiger partial charge is 0.305 e. The van der Waals surface area contributed by atoms with Crippen molar-refractivity contribution in [2.45, 2.75) is 12.5 Å². The van der Waals surface area contributed by atoms with Crippen LogP contribution in [0.15, 0.2) is 12.1 Å². The van der Waals surface area contributed by atoms with Crippen LogP contribution in [0.2, 0.25) is 5.02 Å². The third kappa shape index (κ3) is 2.84. The molecule has 0 heterocycles. The highest BCUT2D eigenvalue weighted by molar-refractivity contribution is 6.30. The molecule has 4 nitrogen and oxygen atoms in total. The number of halogens is 2. The summed E-state index contributed by atoms with van der Waals surface area (Å²) >= 11 is 5.59. The van der Waals surface area contributed by atoms with Crippen molar-refractivity contribution in [2.24, 2.45) is 5.73 Å². The van der Waals surface area contributed by atoms with Crippen LogP contribution in [-0.4, -0.2) is 18.2 Å². The van der Waals surface area contributed by atoms with Crippen LogP contribution in [0.25, 0.3) is 0 Å². The van der Waals surface area contributed by atoms with Gasteiger partial charge in [0.15, 0.2) is 0 Å². The molecule has 1 aromatic rings. The number of rotatable bonds is 4. The molecule has 0 amide bonds. The van der Waals surface area contributed by atoms with Crippen molar-refractivity contribution < 1.29 is 19.0 Å². The number of carbonyl (C=O) groups is 1. The van der Waals surface area contributed by atoms with Gasteiger partial charge in [0, 0.05) is 17.7 Å². The molecule has 0 saturated heterocycles. The Balaban J connectivity index is 3.10. The maximum absolute atomic E-state index is 13.1. The van der Waals surface area contributed by atoms with Crippen LogP contribution in [0.3, 0.4) is 0 Å². The molecule has 0 aliphatic rings. The van der Waals surface area contributed by atoms with Gasteiger partial charge in [0.25, 0.3) is 0 Å². The summed E-state index contributed by atoms with van der Waals surface area (Å²) in [4.78, 5) is 10.5. The lowest BCUT2D eigenvalue weighted by molar-refractivity contribution is -0.137. The van der Waals surface area contributed by atoms with Gasteiger partial charge in [-0.2, -0.15) is 0 Å². The predicted octanol–water partition coefficient (Wildman–Crippen LogP) is 1.96. The van der Waals surface area contributed by atoms with Gasteiger partial charge in [-0.3, -0.25) is 4.79 Å². The Bertz CT molecular complexity index is 411. The Kier molecular flexibility index (Phi) is 4.09. The maximum atomic E-state index is 13.1. The minimum absolute atomic E-state index is 0.114. The van der Waals surface area contributed by atoms with E-state index in [1.807, 2.05) is 0 Å². The fourth-order valence-corrected chi connectivity index (χ4v) is 1.48. The average Bonchev–Trinajstić information content (AvgIpc) is 2.20. The van der Waals surface area contributed by atoms with Crippen LogP contribution < -0.4 is 10.5 Å².